The van der Waals surface area contributed by atoms with Crippen molar-refractivity contribution < 1.29 is 0 Å². The Hall–Kier alpha value is -0.870. The summed E-state index contributed by atoms with van der Waals surface area (Å²) in [5, 5.41) is 1.69. The van der Waals surface area contributed by atoms with Gasteiger partial charge in [-0.1, -0.05) is 6.92 Å². The van der Waals surface area contributed by atoms with Crippen LogP contribution in [0, 0.1) is 5.92 Å². The number of hydrogen-bond donors (Lipinski definition) is 0. The van der Waals surface area contributed by atoms with Gasteiger partial charge in [0.05, 0.1) is 5.39 Å². The molecule has 0 bridgehead atoms. The molecule has 1 fully saturated rings. The van der Waals surface area contributed by atoms with E-state index in [0.717, 1.165) is 29.7 Å². The van der Waals surface area contributed by atoms with E-state index >= 15 is 0 Å². The quantitative estimate of drug-likeness (QED) is 0.744. The van der Waals surface area contributed by atoms with Gasteiger partial charge in [-0.05, 0) is 55.2 Å². The van der Waals surface area contributed by atoms with Crippen LogP contribution in [0.1, 0.15) is 36.6 Å². The molecule has 2 aliphatic rings. The second-order valence-electron chi connectivity index (χ2n) is 6.04. The fourth-order valence-electron chi connectivity index (χ4n) is 3.46. The Morgan fingerprint density at radius 1 is 1.25 bits per heavy atom. The summed E-state index contributed by atoms with van der Waals surface area (Å²) >= 11 is 7.98. The predicted octanol–water partition coefficient (Wildman–Crippen LogP) is 4.07. The smallest absolute Gasteiger partial charge is 0.225 e. The molecule has 2 aromatic rings. The molecule has 20 heavy (non-hydrogen) atoms. The number of fused-ring (bicyclic) bond motifs is 3. The Balaban J connectivity index is 1.93. The first-order chi connectivity index (χ1) is 9.72. The maximum atomic E-state index is 6.15. The Bertz CT molecular complexity index is 661. The zero-order chi connectivity index (χ0) is 13.7. The third-order valence-corrected chi connectivity index (χ3v) is 5.83. The minimum absolute atomic E-state index is 0.394. The number of thiophene rings is 1. The van der Waals surface area contributed by atoms with Crippen molar-refractivity contribution in [1.29, 1.82) is 0 Å². The van der Waals surface area contributed by atoms with Crippen LogP contribution in [-0.2, 0) is 12.8 Å². The van der Waals surface area contributed by atoms with Crippen molar-refractivity contribution in [3.8, 4) is 0 Å². The molecule has 0 radical (unpaired) electrons. The standard InChI is InChI=1S/C15H18ClN3S/c1-9-4-5-10-11(8-9)20-14-12(10)13(17-15(16)18-14)19-6-2-3-7-19/h9H,2-8H2,1H3. The first kappa shape index (κ1) is 12.8. The lowest BCUT2D eigenvalue weighted by Crippen LogP contribution is -2.20. The van der Waals surface area contributed by atoms with E-state index in [4.69, 9.17) is 11.6 Å². The lowest BCUT2D eigenvalue weighted by Gasteiger charge is -2.21. The molecule has 1 unspecified atom stereocenters. The fourth-order valence-corrected chi connectivity index (χ4v) is 5.05. The van der Waals surface area contributed by atoms with E-state index < -0.39 is 0 Å². The summed E-state index contributed by atoms with van der Waals surface area (Å²) in [7, 11) is 0. The highest BCUT2D eigenvalue weighted by Gasteiger charge is 2.26. The van der Waals surface area contributed by atoms with E-state index in [1.54, 1.807) is 0 Å². The van der Waals surface area contributed by atoms with Gasteiger partial charge in [0.15, 0.2) is 0 Å². The number of hydrogen-bond acceptors (Lipinski definition) is 4. The summed E-state index contributed by atoms with van der Waals surface area (Å²) in [6.07, 6.45) is 6.15. The molecule has 1 atom stereocenters. The highest BCUT2D eigenvalue weighted by Crippen LogP contribution is 2.41. The van der Waals surface area contributed by atoms with Crippen molar-refractivity contribution in [2.24, 2.45) is 5.92 Å². The van der Waals surface area contributed by atoms with Gasteiger partial charge in [-0.25, -0.2) is 4.98 Å². The molecule has 0 aromatic carbocycles. The number of nitrogens with zero attached hydrogens (tertiary/aromatic N) is 3. The van der Waals surface area contributed by atoms with Gasteiger partial charge in [0, 0.05) is 18.0 Å². The van der Waals surface area contributed by atoms with Crippen LogP contribution in [0.4, 0.5) is 5.82 Å². The SMILES string of the molecule is CC1CCc2c(sc3nc(Cl)nc(N4CCCC4)c23)C1. The van der Waals surface area contributed by atoms with Gasteiger partial charge in [0.25, 0.3) is 0 Å². The molecule has 0 amide bonds. The van der Waals surface area contributed by atoms with E-state index in [1.807, 2.05) is 11.3 Å². The number of aromatic nitrogens is 2. The van der Waals surface area contributed by atoms with Crippen LogP contribution in [0.2, 0.25) is 5.28 Å². The highest BCUT2D eigenvalue weighted by molar-refractivity contribution is 7.19. The van der Waals surface area contributed by atoms with Gasteiger partial charge < -0.3 is 4.90 Å². The molecule has 1 aliphatic heterocycles. The minimum atomic E-state index is 0.394. The average Bonchev–Trinajstić information content (AvgIpc) is 3.03. The summed E-state index contributed by atoms with van der Waals surface area (Å²) in [4.78, 5) is 14.0. The second kappa shape index (κ2) is 4.85. The molecule has 106 valence electrons. The maximum absolute atomic E-state index is 6.15. The predicted molar refractivity (Wildman–Crippen MR) is 85.1 cm³/mol. The Morgan fingerprint density at radius 3 is 2.85 bits per heavy atom. The number of anilines is 1. The second-order valence-corrected chi connectivity index (χ2v) is 7.46. The summed E-state index contributed by atoms with van der Waals surface area (Å²) in [5.41, 5.74) is 1.50. The number of aryl methyl sites for hydroxylation is 1. The van der Waals surface area contributed by atoms with E-state index in [9.17, 15) is 0 Å². The average molecular weight is 308 g/mol. The molecule has 0 saturated carbocycles. The van der Waals surface area contributed by atoms with Crippen LogP contribution in [0.3, 0.4) is 0 Å². The van der Waals surface area contributed by atoms with Crippen LogP contribution in [-0.4, -0.2) is 23.1 Å². The fraction of sp³-hybridized carbons (Fsp3) is 0.600. The molecule has 1 aliphatic carbocycles. The van der Waals surface area contributed by atoms with Gasteiger partial charge in [0.2, 0.25) is 5.28 Å². The van der Waals surface area contributed by atoms with Gasteiger partial charge in [-0.15, -0.1) is 11.3 Å². The molecule has 5 heteroatoms. The lowest BCUT2D eigenvalue weighted by atomic mass is 9.89. The highest BCUT2D eigenvalue weighted by atomic mass is 35.5. The van der Waals surface area contributed by atoms with Crippen LogP contribution < -0.4 is 4.90 Å². The summed E-state index contributed by atoms with van der Waals surface area (Å²) in [6.45, 7) is 4.54. The van der Waals surface area contributed by atoms with Crippen LogP contribution >= 0.6 is 22.9 Å². The summed E-state index contributed by atoms with van der Waals surface area (Å²) in [5.74, 6) is 1.87. The van der Waals surface area contributed by atoms with Gasteiger partial charge in [-0.3, -0.25) is 0 Å². The Morgan fingerprint density at radius 2 is 2.05 bits per heavy atom. The molecule has 1 saturated heterocycles. The van der Waals surface area contributed by atoms with Crippen LogP contribution in [0.5, 0.6) is 0 Å². The zero-order valence-corrected chi connectivity index (χ0v) is 13.2. The van der Waals surface area contributed by atoms with Crippen LogP contribution in [0.15, 0.2) is 0 Å². The van der Waals surface area contributed by atoms with Crippen molar-refractivity contribution >= 4 is 39.0 Å². The first-order valence-electron chi connectivity index (χ1n) is 7.45. The van der Waals surface area contributed by atoms with Crippen molar-refractivity contribution in [1.82, 2.24) is 9.97 Å². The first-order valence-corrected chi connectivity index (χ1v) is 8.64. The minimum Gasteiger partial charge on any atom is -0.356 e. The van der Waals surface area contributed by atoms with Crippen LogP contribution in [0.25, 0.3) is 10.2 Å². The molecule has 4 rings (SSSR count). The monoisotopic (exact) mass is 307 g/mol. The van der Waals surface area contributed by atoms with Gasteiger partial charge in [-0.2, -0.15) is 4.98 Å². The number of rotatable bonds is 1. The zero-order valence-electron chi connectivity index (χ0n) is 11.7. The third kappa shape index (κ3) is 2.01. The lowest BCUT2D eigenvalue weighted by molar-refractivity contribution is 0.509. The summed E-state index contributed by atoms with van der Waals surface area (Å²) in [6, 6.07) is 0. The van der Waals surface area contributed by atoms with E-state index in [1.165, 1.54) is 47.9 Å². The molecule has 0 spiro atoms. The molecule has 0 N–H and O–H groups in total. The number of halogens is 1. The Kier molecular flexibility index (Phi) is 3.11. The topological polar surface area (TPSA) is 29.0 Å². The van der Waals surface area contributed by atoms with Crippen molar-refractivity contribution in [3.63, 3.8) is 0 Å². The van der Waals surface area contributed by atoms with E-state index in [2.05, 4.69) is 21.8 Å². The van der Waals surface area contributed by atoms with E-state index in [0.29, 0.717) is 5.28 Å². The van der Waals surface area contributed by atoms with Crippen molar-refractivity contribution in [3.05, 3.63) is 15.7 Å². The Labute approximate surface area is 128 Å². The maximum Gasteiger partial charge on any atom is 0.225 e. The molecule has 3 heterocycles. The summed E-state index contributed by atoms with van der Waals surface area (Å²) < 4.78 is 0. The molecule has 2 aromatic heterocycles. The molecular formula is C15H18ClN3S. The molecule has 3 nitrogen and oxygen atoms in total. The molecular weight excluding hydrogens is 290 g/mol. The van der Waals surface area contributed by atoms with Gasteiger partial charge >= 0.3 is 0 Å². The van der Waals surface area contributed by atoms with Crippen molar-refractivity contribution in [2.45, 2.75) is 39.0 Å². The van der Waals surface area contributed by atoms with E-state index in [-0.39, 0.29) is 0 Å². The van der Waals surface area contributed by atoms with Crippen molar-refractivity contribution in [2.75, 3.05) is 18.0 Å². The third-order valence-electron chi connectivity index (χ3n) is 4.51. The van der Waals surface area contributed by atoms with Gasteiger partial charge in [0.1, 0.15) is 10.6 Å². The largest absolute Gasteiger partial charge is 0.356 e. The normalized spacial score (nSPS) is 22.5.